The molecule has 2 atom stereocenters. The van der Waals surface area contributed by atoms with Gasteiger partial charge in [0.2, 0.25) is 0 Å². The van der Waals surface area contributed by atoms with Gasteiger partial charge in [-0.25, -0.2) is 4.98 Å². The predicted molar refractivity (Wildman–Crippen MR) is 83.6 cm³/mol. The van der Waals surface area contributed by atoms with Crippen molar-refractivity contribution < 1.29 is 0 Å². The summed E-state index contributed by atoms with van der Waals surface area (Å²) in [5, 5.41) is 3.52. The Hall–Kier alpha value is -1.20. The number of aromatic nitrogens is 1. The van der Waals surface area contributed by atoms with Crippen molar-refractivity contribution in [3.63, 3.8) is 0 Å². The van der Waals surface area contributed by atoms with Crippen LogP contribution in [0, 0.1) is 6.92 Å². The first-order valence-corrected chi connectivity index (χ1v) is 7.12. The van der Waals surface area contributed by atoms with Gasteiger partial charge in [0.1, 0.15) is 10.8 Å². The molecular weight excluding hydrogens is 256 g/mol. The Morgan fingerprint density at radius 1 is 1.53 bits per heavy atom. The molecule has 3 N–H and O–H groups in total. The first-order valence-electron chi connectivity index (χ1n) is 6.71. The molecule has 19 heavy (non-hydrogen) atoms. The van der Waals surface area contributed by atoms with Gasteiger partial charge in [0, 0.05) is 24.3 Å². The van der Waals surface area contributed by atoms with Crippen LogP contribution in [-0.4, -0.2) is 40.5 Å². The highest BCUT2D eigenvalue weighted by molar-refractivity contribution is 7.80. The number of anilines is 1. The molecule has 0 amide bonds. The van der Waals surface area contributed by atoms with Crippen molar-refractivity contribution in [3.8, 4) is 0 Å². The first kappa shape index (κ1) is 14.2. The number of nitrogens with one attached hydrogen (secondary N) is 1. The highest BCUT2D eigenvalue weighted by Gasteiger charge is 2.23. The molecule has 2 rings (SSSR count). The fourth-order valence-corrected chi connectivity index (χ4v) is 2.64. The zero-order valence-electron chi connectivity index (χ0n) is 11.8. The summed E-state index contributed by atoms with van der Waals surface area (Å²) >= 11 is 5.09. The average molecular weight is 278 g/mol. The van der Waals surface area contributed by atoms with Crippen molar-refractivity contribution in [3.05, 3.63) is 23.4 Å². The van der Waals surface area contributed by atoms with Crippen LogP contribution >= 0.6 is 12.2 Å². The molecule has 0 radical (unpaired) electrons. The summed E-state index contributed by atoms with van der Waals surface area (Å²) < 4.78 is 0. The van der Waals surface area contributed by atoms with Gasteiger partial charge >= 0.3 is 0 Å². The third kappa shape index (κ3) is 3.42. The number of thiocarbonyl (C=S) groups is 1. The highest BCUT2D eigenvalue weighted by Crippen LogP contribution is 2.21. The number of rotatable bonds is 3. The molecule has 2 unspecified atom stereocenters. The van der Waals surface area contributed by atoms with E-state index < -0.39 is 0 Å². The van der Waals surface area contributed by atoms with Crippen LogP contribution in [0.3, 0.4) is 0 Å². The number of aryl methyl sites for hydroxylation is 1. The largest absolute Gasteiger partial charge is 0.389 e. The molecule has 1 fully saturated rings. The normalized spacial score (nSPS) is 24.2. The summed E-state index contributed by atoms with van der Waals surface area (Å²) in [6, 6.07) is 4.92. The Labute approximate surface area is 120 Å². The number of hydrogen-bond acceptors (Lipinski definition) is 4. The summed E-state index contributed by atoms with van der Waals surface area (Å²) in [7, 11) is 2.17. The van der Waals surface area contributed by atoms with Crippen LogP contribution in [0.15, 0.2) is 12.1 Å². The molecule has 0 bridgehead atoms. The van der Waals surface area contributed by atoms with Gasteiger partial charge in [0.25, 0.3) is 0 Å². The summed E-state index contributed by atoms with van der Waals surface area (Å²) in [5.74, 6) is 0.828. The van der Waals surface area contributed by atoms with Gasteiger partial charge in [-0.1, -0.05) is 12.2 Å². The van der Waals surface area contributed by atoms with Gasteiger partial charge < -0.3 is 16.0 Å². The van der Waals surface area contributed by atoms with Crippen molar-refractivity contribution >= 4 is 23.0 Å². The van der Waals surface area contributed by atoms with E-state index in [9.17, 15) is 0 Å². The van der Waals surface area contributed by atoms with Crippen molar-refractivity contribution in [2.45, 2.75) is 38.8 Å². The Balaban J connectivity index is 2.14. The minimum absolute atomic E-state index is 0.399. The third-order valence-electron chi connectivity index (χ3n) is 3.85. The van der Waals surface area contributed by atoms with Crippen LogP contribution in [0.2, 0.25) is 0 Å². The summed E-state index contributed by atoms with van der Waals surface area (Å²) in [4.78, 5) is 7.32. The number of nitrogens with zero attached hydrogens (tertiary/aromatic N) is 2. The molecule has 0 aliphatic carbocycles. The van der Waals surface area contributed by atoms with Crippen LogP contribution in [0.4, 0.5) is 5.82 Å². The molecule has 1 aliphatic rings. The molecule has 5 heteroatoms. The molecule has 104 valence electrons. The fraction of sp³-hybridized carbons (Fsp3) is 0.571. The molecule has 0 aromatic carbocycles. The zero-order valence-corrected chi connectivity index (χ0v) is 12.6. The number of nitrogens with two attached hydrogens (primary N) is 1. The van der Waals surface area contributed by atoms with Crippen LogP contribution in [0.25, 0.3) is 0 Å². The standard InChI is InChI=1S/C14H22N4S/c1-9-4-5-12(13(15)19)14(16-9)17-11-6-7-18(3)10(2)8-11/h4-5,10-11H,6-8H2,1-3H3,(H2,15,19)(H,16,17). The predicted octanol–water partition coefficient (Wildman–Crippen LogP) is 1.92. The minimum Gasteiger partial charge on any atom is -0.389 e. The van der Waals surface area contributed by atoms with Gasteiger partial charge in [-0.2, -0.15) is 0 Å². The maximum Gasteiger partial charge on any atom is 0.136 e. The summed E-state index contributed by atoms with van der Waals surface area (Å²) in [6.07, 6.45) is 2.23. The second-order valence-corrected chi connectivity index (χ2v) is 5.85. The Bertz CT molecular complexity index is 475. The van der Waals surface area contributed by atoms with E-state index in [1.54, 1.807) is 0 Å². The quantitative estimate of drug-likeness (QED) is 0.827. The van der Waals surface area contributed by atoms with Gasteiger partial charge in [0.05, 0.1) is 5.56 Å². The van der Waals surface area contributed by atoms with Crippen LogP contribution in [-0.2, 0) is 0 Å². The summed E-state index contributed by atoms with van der Waals surface area (Å²) in [6.45, 7) is 5.34. The van der Waals surface area contributed by atoms with E-state index in [-0.39, 0.29) is 0 Å². The maximum atomic E-state index is 5.76. The molecule has 2 heterocycles. The van der Waals surface area contributed by atoms with E-state index >= 15 is 0 Å². The topological polar surface area (TPSA) is 54.2 Å². The van der Waals surface area contributed by atoms with Crippen molar-refractivity contribution in [1.82, 2.24) is 9.88 Å². The lowest BCUT2D eigenvalue weighted by Crippen LogP contribution is -2.43. The monoisotopic (exact) mass is 278 g/mol. The molecule has 1 saturated heterocycles. The average Bonchev–Trinajstić information content (AvgIpc) is 2.33. The van der Waals surface area contributed by atoms with E-state index in [4.69, 9.17) is 18.0 Å². The number of piperidine rings is 1. The van der Waals surface area contributed by atoms with Crippen molar-refractivity contribution in [2.24, 2.45) is 5.73 Å². The molecule has 0 saturated carbocycles. The third-order valence-corrected chi connectivity index (χ3v) is 4.07. The highest BCUT2D eigenvalue weighted by atomic mass is 32.1. The second kappa shape index (κ2) is 5.84. The second-order valence-electron chi connectivity index (χ2n) is 5.41. The number of hydrogen-bond donors (Lipinski definition) is 2. The van der Waals surface area contributed by atoms with Crippen molar-refractivity contribution in [1.29, 1.82) is 0 Å². The summed E-state index contributed by atoms with van der Waals surface area (Å²) in [5.41, 5.74) is 7.58. The minimum atomic E-state index is 0.399. The number of likely N-dealkylation sites (tertiary alicyclic amines) is 1. The van der Waals surface area contributed by atoms with Gasteiger partial charge in [0.15, 0.2) is 0 Å². The van der Waals surface area contributed by atoms with E-state index in [2.05, 4.69) is 29.2 Å². The van der Waals surface area contributed by atoms with E-state index in [1.807, 2.05) is 19.1 Å². The van der Waals surface area contributed by atoms with Crippen LogP contribution < -0.4 is 11.1 Å². The van der Waals surface area contributed by atoms with Crippen LogP contribution in [0.5, 0.6) is 0 Å². The van der Waals surface area contributed by atoms with E-state index in [1.165, 1.54) is 0 Å². The van der Waals surface area contributed by atoms with Gasteiger partial charge in [-0.15, -0.1) is 0 Å². The van der Waals surface area contributed by atoms with E-state index in [0.29, 0.717) is 17.1 Å². The lowest BCUT2D eigenvalue weighted by Gasteiger charge is -2.35. The molecule has 4 nitrogen and oxygen atoms in total. The van der Waals surface area contributed by atoms with Gasteiger partial charge in [-0.3, -0.25) is 0 Å². The van der Waals surface area contributed by atoms with E-state index in [0.717, 1.165) is 36.5 Å². The molecule has 1 aliphatic heterocycles. The maximum absolute atomic E-state index is 5.76. The Kier molecular flexibility index (Phi) is 4.37. The molecule has 0 spiro atoms. The smallest absolute Gasteiger partial charge is 0.136 e. The Morgan fingerprint density at radius 2 is 2.26 bits per heavy atom. The lowest BCUT2D eigenvalue weighted by molar-refractivity contribution is 0.190. The molecular formula is C14H22N4S. The van der Waals surface area contributed by atoms with Crippen LogP contribution in [0.1, 0.15) is 31.0 Å². The SMILES string of the molecule is Cc1ccc(C(N)=S)c(NC2CCN(C)C(C)C2)n1. The lowest BCUT2D eigenvalue weighted by atomic mass is 9.99. The molecule has 1 aromatic heterocycles. The molecule has 1 aromatic rings. The fourth-order valence-electron chi connectivity index (χ4n) is 2.48. The zero-order chi connectivity index (χ0) is 14.0. The first-order chi connectivity index (χ1) is 8.97. The van der Waals surface area contributed by atoms with Gasteiger partial charge in [-0.05, 0) is 45.9 Å². The number of pyridine rings is 1. The Morgan fingerprint density at radius 3 is 2.89 bits per heavy atom. The van der Waals surface area contributed by atoms with Crippen molar-refractivity contribution in [2.75, 3.05) is 18.9 Å².